The van der Waals surface area contributed by atoms with Crippen molar-refractivity contribution in [3.8, 4) is 0 Å². The molecule has 0 saturated carbocycles. The third-order valence-corrected chi connectivity index (χ3v) is 10.9. The third-order valence-electron chi connectivity index (χ3n) is 6.70. The highest BCUT2D eigenvalue weighted by Crippen LogP contribution is 2.41. The minimum absolute atomic E-state index is 0.0757. The lowest BCUT2D eigenvalue weighted by Crippen LogP contribution is -2.38. The highest BCUT2D eigenvalue weighted by molar-refractivity contribution is 7.90. The molecule has 3 N–H and O–H groups in total. The van der Waals surface area contributed by atoms with E-state index in [1.807, 2.05) is 30.5 Å². The van der Waals surface area contributed by atoms with Crippen LogP contribution in [-0.4, -0.2) is 49.6 Å². The Hall–Kier alpha value is -2.61. The number of sulfone groups is 1. The van der Waals surface area contributed by atoms with E-state index in [2.05, 4.69) is 10.3 Å². The first-order chi connectivity index (χ1) is 18.3. The minimum atomic E-state index is -3.41. The number of carboxylic acids is 1. The van der Waals surface area contributed by atoms with Gasteiger partial charge in [0.2, 0.25) is 0 Å². The quantitative estimate of drug-likeness (QED) is 0.193. The van der Waals surface area contributed by atoms with E-state index >= 15 is 0 Å². The summed E-state index contributed by atoms with van der Waals surface area (Å²) in [7, 11) is -6.04. The van der Waals surface area contributed by atoms with E-state index in [1.54, 1.807) is 30.9 Å². The molecule has 0 aliphatic rings. The number of carbonyl (C=O) groups is 1. The Morgan fingerprint density at radius 2 is 1.77 bits per heavy atom. The first-order valence-electron chi connectivity index (χ1n) is 12.2. The second kappa shape index (κ2) is 11.9. The van der Waals surface area contributed by atoms with Gasteiger partial charge in [0.1, 0.15) is 13.2 Å². The predicted octanol–water partition coefficient (Wildman–Crippen LogP) is 5.52. The zero-order valence-electron chi connectivity index (χ0n) is 21.4. The normalized spacial score (nSPS) is 14.3. The maximum absolute atomic E-state index is 13.5. The summed E-state index contributed by atoms with van der Waals surface area (Å²) in [6.45, 7) is 1.88. The number of hydrogen-bond donors (Lipinski definition) is 3. The zero-order chi connectivity index (χ0) is 28.4. The van der Waals surface area contributed by atoms with Crippen LogP contribution < -0.4 is 10.6 Å². The Bertz CT molecular complexity index is 1660. The number of hydrogen-bond acceptors (Lipinski definition) is 5. The highest BCUT2D eigenvalue weighted by atomic mass is 35.5. The molecule has 4 aromatic rings. The Labute approximate surface area is 237 Å². The number of rotatable bonds is 11. The van der Waals surface area contributed by atoms with Gasteiger partial charge in [-0.3, -0.25) is 10.1 Å². The smallest absolute Gasteiger partial charge is 0.321 e. The molecule has 2 atom stereocenters. The summed E-state index contributed by atoms with van der Waals surface area (Å²) in [4.78, 5) is 15.2. The fourth-order valence-electron chi connectivity index (χ4n) is 4.39. The first-order valence-corrected chi connectivity index (χ1v) is 17.2. The van der Waals surface area contributed by atoms with Crippen LogP contribution in [0, 0.1) is 0 Å². The number of H-pyrrole nitrogens is 1. The van der Waals surface area contributed by atoms with Gasteiger partial charge >= 0.3 is 5.97 Å². The lowest BCUT2D eigenvalue weighted by Gasteiger charge is -2.18. The Morgan fingerprint density at radius 3 is 2.44 bits per heavy atom. The molecule has 2 unspecified atom stereocenters. The molecule has 3 aromatic carbocycles. The van der Waals surface area contributed by atoms with Crippen LogP contribution >= 0.6 is 30.3 Å². The molecule has 0 spiro atoms. The van der Waals surface area contributed by atoms with Gasteiger partial charge in [-0.2, -0.15) is 0 Å². The van der Waals surface area contributed by atoms with E-state index in [4.69, 9.17) is 23.2 Å². The molecule has 0 saturated heterocycles. The monoisotopic (exact) mass is 606 g/mol. The summed E-state index contributed by atoms with van der Waals surface area (Å²) >= 11 is 13.1. The fourth-order valence-corrected chi connectivity index (χ4v) is 7.49. The lowest BCUT2D eigenvalue weighted by molar-refractivity contribution is -0.139. The predicted molar refractivity (Wildman–Crippen MR) is 158 cm³/mol. The average molecular weight is 607 g/mol. The maximum Gasteiger partial charge on any atom is 0.321 e. The molecular weight excluding hydrogens is 578 g/mol. The van der Waals surface area contributed by atoms with Crippen molar-refractivity contribution in [2.24, 2.45) is 0 Å². The summed E-state index contributed by atoms with van der Waals surface area (Å²) < 4.78 is 37.2. The van der Waals surface area contributed by atoms with Crippen molar-refractivity contribution in [2.45, 2.75) is 30.3 Å². The minimum Gasteiger partial charge on any atom is -0.480 e. The van der Waals surface area contributed by atoms with Gasteiger partial charge in [0.05, 0.1) is 4.90 Å². The van der Waals surface area contributed by atoms with Crippen molar-refractivity contribution in [3.63, 3.8) is 0 Å². The van der Waals surface area contributed by atoms with Crippen LogP contribution in [0.3, 0.4) is 0 Å². The van der Waals surface area contributed by atoms with Crippen molar-refractivity contribution in [3.05, 3.63) is 93.6 Å². The van der Waals surface area contributed by atoms with E-state index in [0.29, 0.717) is 33.8 Å². The molecule has 0 radical (unpaired) electrons. The number of carboxylic acid groups (broad SMARTS) is 1. The SMILES string of the molecule is CP(=O)(CCc1cc(Cl)c(CNC(Cc2cccc(S(C)(=O)=O)c2)C(=O)O)c(Cl)c1)c1ccc2[nH]ccc2c1. The van der Waals surface area contributed by atoms with Crippen molar-refractivity contribution in [1.82, 2.24) is 10.3 Å². The van der Waals surface area contributed by atoms with Gasteiger partial charge < -0.3 is 14.7 Å². The van der Waals surface area contributed by atoms with Crippen LogP contribution in [0.15, 0.2) is 71.8 Å². The molecule has 0 amide bonds. The number of halogens is 2. The largest absolute Gasteiger partial charge is 0.480 e. The summed E-state index contributed by atoms with van der Waals surface area (Å²) in [5.74, 6) is -1.08. The van der Waals surface area contributed by atoms with Gasteiger partial charge in [0.25, 0.3) is 0 Å². The Balaban J connectivity index is 1.43. The fraction of sp³-hybridized carbons (Fsp3) is 0.250. The van der Waals surface area contributed by atoms with Crippen molar-refractivity contribution in [1.29, 1.82) is 0 Å². The maximum atomic E-state index is 13.5. The standard InChI is InChI=1S/C28H29Cl2N2O5PS/c1-38(35,21-6-7-26-20(16-21)8-10-31-26)11-9-19-13-24(29)23(25(30)14-19)17-32-27(28(33)34)15-18-4-3-5-22(12-18)39(2,36)37/h3-8,10,12-14,16,27,31-32H,9,11,15,17H2,1-2H3,(H,33,34). The zero-order valence-corrected chi connectivity index (χ0v) is 24.7. The summed E-state index contributed by atoms with van der Waals surface area (Å²) in [6.07, 6.45) is 3.99. The molecule has 39 heavy (non-hydrogen) atoms. The molecule has 7 nitrogen and oxygen atoms in total. The Kier molecular flexibility index (Phi) is 8.94. The molecule has 4 rings (SSSR count). The summed E-state index contributed by atoms with van der Waals surface area (Å²) in [5, 5.41) is 15.3. The molecule has 1 heterocycles. The van der Waals surface area contributed by atoms with Gasteiger partial charge in [0.15, 0.2) is 9.84 Å². The molecule has 11 heteroatoms. The second-order valence-corrected chi connectivity index (χ2v) is 15.8. The molecule has 206 valence electrons. The number of nitrogens with one attached hydrogen (secondary N) is 2. The van der Waals surface area contributed by atoms with Crippen LogP contribution in [0.25, 0.3) is 10.9 Å². The van der Waals surface area contributed by atoms with Crippen LogP contribution in [-0.2, 0) is 38.6 Å². The number of aliphatic carboxylic acids is 1. The highest BCUT2D eigenvalue weighted by Gasteiger charge is 2.22. The number of aryl methyl sites for hydroxylation is 1. The van der Waals surface area contributed by atoms with Crippen molar-refractivity contribution < 1.29 is 22.9 Å². The molecule has 0 bridgehead atoms. The first kappa shape index (κ1) is 29.4. The number of benzene rings is 3. The number of aromatic amines is 1. The average Bonchev–Trinajstić information content (AvgIpc) is 3.34. The van der Waals surface area contributed by atoms with E-state index in [0.717, 1.165) is 28.0 Å². The van der Waals surface area contributed by atoms with Gasteiger partial charge in [-0.15, -0.1) is 0 Å². The molecule has 0 aliphatic heterocycles. The van der Waals surface area contributed by atoms with Crippen molar-refractivity contribution >= 4 is 62.4 Å². The lowest BCUT2D eigenvalue weighted by atomic mass is 10.0. The number of fused-ring (bicyclic) bond motifs is 1. The Morgan fingerprint density at radius 1 is 1.05 bits per heavy atom. The third kappa shape index (κ3) is 7.33. The topological polar surface area (TPSA) is 116 Å². The van der Waals surface area contributed by atoms with E-state index < -0.39 is 29.0 Å². The van der Waals surface area contributed by atoms with Crippen LogP contribution in [0.2, 0.25) is 10.0 Å². The van der Waals surface area contributed by atoms with Crippen molar-refractivity contribution in [2.75, 3.05) is 19.1 Å². The summed E-state index contributed by atoms with van der Waals surface area (Å²) in [5.41, 5.74) is 2.96. The van der Waals surface area contributed by atoms with Crippen LogP contribution in [0.5, 0.6) is 0 Å². The van der Waals surface area contributed by atoms with Gasteiger partial charge in [-0.05, 0) is 79.2 Å². The van der Waals surface area contributed by atoms with E-state index in [1.165, 1.54) is 12.1 Å². The van der Waals surface area contributed by atoms with Crippen LogP contribution in [0.4, 0.5) is 0 Å². The van der Waals surface area contributed by atoms with Gasteiger partial charge in [-0.25, -0.2) is 8.42 Å². The molecule has 1 aromatic heterocycles. The van der Waals surface area contributed by atoms with E-state index in [9.17, 15) is 22.9 Å². The van der Waals surface area contributed by atoms with Crippen LogP contribution in [0.1, 0.15) is 16.7 Å². The van der Waals surface area contributed by atoms with Gasteiger partial charge in [0, 0.05) is 57.0 Å². The van der Waals surface area contributed by atoms with E-state index in [-0.39, 0.29) is 17.9 Å². The molecule has 0 fully saturated rings. The number of aromatic nitrogens is 1. The summed E-state index contributed by atoms with van der Waals surface area (Å²) in [6, 6.07) is 16.5. The molecular formula is C28H29Cl2N2O5PS. The van der Waals surface area contributed by atoms with Gasteiger partial charge in [-0.1, -0.05) is 35.3 Å². The molecule has 0 aliphatic carbocycles. The second-order valence-electron chi connectivity index (χ2n) is 9.76.